The lowest BCUT2D eigenvalue weighted by Crippen LogP contribution is -2.40. The minimum absolute atomic E-state index is 0.155. The molecular formula is C11H13F3N4O2. The van der Waals surface area contributed by atoms with E-state index in [0.29, 0.717) is 0 Å². The second kappa shape index (κ2) is 6.13. The first-order valence-electron chi connectivity index (χ1n) is 5.43. The van der Waals surface area contributed by atoms with Gasteiger partial charge in [0, 0.05) is 17.8 Å². The standard InChI is InChI=1S/C11H13F3N4O2/c12-11(13,14)8(9(15)18-20)5-17-7-3-1-2-6(4-7)10(16)19/h1-4,8,17,20H,5H2,(H2,15,18)(H2,16,19). The molecule has 9 heteroatoms. The highest BCUT2D eigenvalue weighted by Crippen LogP contribution is 2.27. The van der Waals surface area contributed by atoms with E-state index in [4.69, 9.17) is 16.7 Å². The van der Waals surface area contributed by atoms with Crippen LogP contribution in [0.15, 0.2) is 29.4 Å². The molecule has 1 aromatic rings. The predicted octanol–water partition coefficient (Wildman–Crippen LogP) is 1.12. The number of nitrogens with two attached hydrogens (primary N) is 2. The smallest absolute Gasteiger partial charge is 0.400 e. The van der Waals surface area contributed by atoms with Gasteiger partial charge in [0.15, 0.2) is 5.84 Å². The van der Waals surface area contributed by atoms with E-state index >= 15 is 0 Å². The van der Waals surface area contributed by atoms with Crippen molar-refractivity contribution in [2.24, 2.45) is 22.5 Å². The number of oxime groups is 1. The van der Waals surface area contributed by atoms with Gasteiger partial charge in [0.25, 0.3) is 0 Å². The van der Waals surface area contributed by atoms with Crippen molar-refractivity contribution >= 4 is 17.4 Å². The summed E-state index contributed by atoms with van der Waals surface area (Å²) in [6, 6.07) is 5.67. The molecule has 0 aliphatic heterocycles. The molecule has 1 atom stereocenters. The lowest BCUT2D eigenvalue weighted by Gasteiger charge is -2.19. The number of carbonyl (C=O) groups excluding carboxylic acids is 1. The van der Waals surface area contributed by atoms with E-state index in [9.17, 15) is 18.0 Å². The number of nitrogens with one attached hydrogen (secondary N) is 1. The third-order valence-corrected chi connectivity index (χ3v) is 2.53. The first-order chi connectivity index (χ1) is 9.25. The Hall–Kier alpha value is -2.45. The molecule has 1 aromatic carbocycles. The minimum Gasteiger partial charge on any atom is -0.409 e. The van der Waals surface area contributed by atoms with Crippen molar-refractivity contribution in [1.29, 1.82) is 0 Å². The first kappa shape index (κ1) is 15.6. The number of halogens is 3. The van der Waals surface area contributed by atoms with Crippen LogP contribution in [0, 0.1) is 5.92 Å². The molecule has 0 saturated carbocycles. The molecule has 0 saturated heterocycles. The highest BCUT2D eigenvalue weighted by atomic mass is 19.4. The average Bonchev–Trinajstić information content (AvgIpc) is 2.37. The molecule has 1 rings (SSSR count). The summed E-state index contributed by atoms with van der Waals surface area (Å²) in [4.78, 5) is 10.9. The summed E-state index contributed by atoms with van der Waals surface area (Å²) in [6.45, 7) is -0.637. The van der Waals surface area contributed by atoms with Gasteiger partial charge >= 0.3 is 6.18 Å². The number of hydrogen-bond acceptors (Lipinski definition) is 4. The van der Waals surface area contributed by atoms with Crippen LogP contribution in [-0.4, -0.2) is 29.7 Å². The van der Waals surface area contributed by atoms with Crippen molar-refractivity contribution in [2.45, 2.75) is 6.18 Å². The normalized spacial score (nSPS) is 13.8. The molecule has 1 amide bonds. The minimum atomic E-state index is -4.66. The molecule has 6 nitrogen and oxygen atoms in total. The van der Waals surface area contributed by atoms with E-state index in [1.165, 1.54) is 24.3 Å². The molecule has 110 valence electrons. The molecular weight excluding hydrogens is 277 g/mol. The van der Waals surface area contributed by atoms with Gasteiger partial charge in [-0.1, -0.05) is 11.2 Å². The van der Waals surface area contributed by atoms with Crippen molar-refractivity contribution in [3.05, 3.63) is 29.8 Å². The van der Waals surface area contributed by atoms with Gasteiger partial charge in [-0.15, -0.1) is 0 Å². The van der Waals surface area contributed by atoms with Crippen molar-refractivity contribution in [2.75, 3.05) is 11.9 Å². The predicted molar refractivity (Wildman–Crippen MR) is 66.4 cm³/mol. The SMILES string of the molecule is NC(=O)c1cccc(NCC(/C(N)=N/O)C(F)(F)F)c1. The van der Waals surface area contributed by atoms with Gasteiger partial charge in [-0.2, -0.15) is 13.2 Å². The van der Waals surface area contributed by atoms with E-state index < -0.39 is 30.4 Å². The third-order valence-electron chi connectivity index (χ3n) is 2.53. The number of rotatable bonds is 5. The largest absolute Gasteiger partial charge is 0.409 e. The zero-order chi connectivity index (χ0) is 15.3. The molecule has 0 aliphatic carbocycles. The number of amides is 1. The fourth-order valence-corrected chi connectivity index (χ4v) is 1.46. The number of amidine groups is 1. The fraction of sp³-hybridized carbons (Fsp3) is 0.273. The number of hydrogen-bond donors (Lipinski definition) is 4. The van der Waals surface area contributed by atoms with Crippen molar-refractivity contribution < 1.29 is 23.2 Å². The van der Waals surface area contributed by atoms with Crippen molar-refractivity contribution in [1.82, 2.24) is 0 Å². The maximum Gasteiger partial charge on any atom is 0.400 e. The van der Waals surface area contributed by atoms with Crippen molar-refractivity contribution in [3.8, 4) is 0 Å². The zero-order valence-corrected chi connectivity index (χ0v) is 10.2. The van der Waals surface area contributed by atoms with Gasteiger partial charge in [0.1, 0.15) is 5.92 Å². The average molecular weight is 290 g/mol. The van der Waals surface area contributed by atoms with Gasteiger partial charge in [-0.25, -0.2) is 0 Å². The van der Waals surface area contributed by atoms with Gasteiger partial charge < -0.3 is 22.0 Å². The molecule has 0 aliphatic rings. The molecule has 1 unspecified atom stereocenters. The summed E-state index contributed by atoms with van der Waals surface area (Å²) in [5.74, 6) is -3.79. The molecule has 0 heterocycles. The number of alkyl halides is 3. The summed E-state index contributed by atoms with van der Waals surface area (Å²) in [7, 11) is 0. The third kappa shape index (κ3) is 4.04. The molecule has 0 fully saturated rings. The van der Waals surface area contributed by atoms with E-state index in [1.54, 1.807) is 0 Å². The lowest BCUT2D eigenvalue weighted by molar-refractivity contribution is -0.152. The number of nitrogens with zero attached hydrogens (tertiary/aromatic N) is 1. The second-order valence-electron chi connectivity index (χ2n) is 3.95. The zero-order valence-electron chi connectivity index (χ0n) is 10.2. The van der Waals surface area contributed by atoms with Crippen molar-refractivity contribution in [3.63, 3.8) is 0 Å². The Balaban J connectivity index is 2.83. The summed E-state index contributed by atoms with van der Waals surface area (Å²) >= 11 is 0. The number of carbonyl (C=O) groups is 1. The highest BCUT2D eigenvalue weighted by Gasteiger charge is 2.42. The van der Waals surface area contributed by atoms with Crippen LogP contribution in [0.2, 0.25) is 0 Å². The summed E-state index contributed by atoms with van der Waals surface area (Å²) < 4.78 is 38.0. The van der Waals surface area contributed by atoms with Crippen LogP contribution in [-0.2, 0) is 0 Å². The Kier molecular flexibility index (Phi) is 4.78. The van der Waals surface area contributed by atoms with Crippen LogP contribution >= 0.6 is 0 Å². The Morgan fingerprint density at radius 3 is 2.55 bits per heavy atom. The second-order valence-corrected chi connectivity index (χ2v) is 3.95. The van der Waals surface area contributed by atoms with E-state index in [0.717, 1.165) is 0 Å². The maximum absolute atomic E-state index is 12.7. The van der Waals surface area contributed by atoms with Gasteiger partial charge in [-0.3, -0.25) is 4.79 Å². The van der Waals surface area contributed by atoms with E-state index in [2.05, 4.69) is 10.5 Å². The first-order valence-corrected chi connectivity index (χ1v) is 5.43. The molecule has 20 heavy (non-hydrogen) atoms. The molecule has 0 spiro atoms. The molecule has 0 aromatic heterocycles. The number of primary amides is 1. The van der Waals surface area contributed by atoms with Gasteiger partial charge in [-0.05, 0) is 18.2 Å². The Morgan fingerprint density at radius 1 is 1.40 bits per heavy atom. The highest BCUT2D eigenvalue weighted by molar-refractivity contribution is 5.93. The summed E-state index contributed by atoms with van der Waals surface area (Å²) in [5.41, 5.74) is 10.5. The molecule has 6 N–H and O–H groups in total. The quantitative estimate of drug-likeness (QED) is 0.281. The van der Waals surface area contributed by atoms with Crippen LogP contribution in [0.1, 0.15) is 10.4 Å². The van der Waals surface area contributed by atoms with Crippen LogP contribution in [0.25, 0.3) is 0 Å². The van der Waals surface area contributed by atoms with E-state index in [-0.39, 0.29) is 11.3 Å². The topological polar surface area (TPSA) is 114 Å². The number of anilines is 1. The van der Waals surface area contributed by atoms with Crippen LogP contribution in [0.4, 0.5) is 18.9 Å². The monoisotopic (exact) mass is 290 g/mol. The van der Waals surface area contributed by atoms with E-state index in [1.807, 2.05) is 0 Å². The summed E-state index contributed by atoms with van der Waals surface area (Å²) in [5, 5.41) is 13.2. The van der Waals surface area contributed by atoms with Crippen LogP contribution in [0.5, 0.6) is 0 Å². The summed E-state index contributed by atoms with van der Waals surface area (Å²) in [6.07, 6.45) is -4.66. The Morgan fingerprint density at radius 2 is 2.05 bits per heavy atom. The number of benzene rings is 1. The molecule has 0 radical (unpaired) electrons. The molecule has 0 bridgehead atoms. The fourth-order valence-electron chi connectivity index (χ4n) is 1.46. The Labute approximate surface area is 112 Å². The van der Waals surface area contributed by atoms with Crippen LogP contribution < -0.4 is 16.8 Å². The maximum atomic E-state index is 12.7. The Bertz CT molecular complexity index is 517. The van der Waals surface area contributed by atoms with Gasteiger partial charge in [0.05, 0.1) is 0 Å². The van der Waals surface area contributed by atoms with Crippen LogP contribution in [0.3, 0.4) is 0 Å². The van der Waals surface area contributed by atoms with Gasteiger partial charge in [0.2, 0.25) is 5.91 Å². The lowest BCUT2D eigenvalue weighted by atomic mass is 10.1.